The monoisotopic (exact) mass is 530 g/mol. The molecule has 11 heteroatoms. The molecular weight excluding hydrogens is 505 g/mol. The van der Waals surface area contributed by atoms with E-state index >= 15 is 0 Å². The number of hydrogen-bond donors (Lipinski definition) is 2. The number of sulfone groups is 1. The van der Waals surface area contributed by atoms with E-state index in [1.807, 2.05) is 6.07 Å². The highest BCUT2D eigenvalue weighted by molar-refractivity contribution is 7.90. The topological polar surface area (TPSA) is 91.4 Å². The number of anilines is 2. The number of nitrogens with zero attached hydrogens (tertiary/aromatic N) is 2. The Balaban J connectivity index is 1.26. The summed E-state index contributed by atoms with van der Waals surface area (Å²) in [7, 11) is -3.34. The summed E-state index contributed by atoms with van der Waals surface area (Å²) in [4.78, 5) is 19.6. The van der Waals surface area contributed by atoms with Crippen molar-refractivity contribution in [2.45, 2.75) is 49.1 Å². The van der Waals surface area contributed by atoms with Crippen LogP contribution in [-0.2, 0) is 33.9 Å². The summed E-state index contributed by atoms with van der Waals surface area (Å²) in [5.74, 6) is 0.0527. The van der Waals surface area contributed by atoms with E-state index in [0.717, 1.165) is 53.6 Å². The standard InChI is InChI=1S/C26H25F3N4O3S/c1-37(35,36)21-9-10-22-17(12-21)13-31-24(22)25(34)32-23-11-8-20(14-30-23)33(19-6-7-19)15-16-2-4-18(5-3-16)26(27,28)29/h2-5,8-12,14,19,24,31H,6-7,13,15H2,1H3,(H,30,32,34)/t24-/m1/s1. The summed E-state index contributed by atoms with van der Waals surface area (Å²) in [6.07, 6.45) is 0.408. The van der Waals surface area contributed by atoms with Crippen LogP contribution in [0.3, 0.4) is 0 Å². The predicted molar refractivity (Wildman–Crippen MR) is 133 cm³/mol. The SMILES string of the molecule is CS(=O)(=O)c1ccc2c(c1)CN[C@H]2C(=O)Nc1ccc(N(Cc2ccc(C(F)(F)F)cc2)C2CC2)cn1. The van der Waals surface area contributed by atoms with Crippen LogP contribution in [0.4, 0.5) is 24.7 Å². The number of rotatable bonds is 7. The fraction of sp³-hybridized carbons (Fsp3) is 0.308. The second kappa shape index (κ2) is 9.46. The Morgan fingerprint density at radius 3 is 2.43 bits per heavy atom. The zero-order chi connectivity index (χ0) is 26.4. The molecule has 2 heterocycles. The maximum absolute atomic E-state index is 12.9. The average molecular weight is 531 g/mol. The lowest BCUT2D eigenvalue weighted by Gasteiger charge is -2.25. The summed E-state index contributed by atoms with van der Waals surface area (Å²) >= 11 is 0. The first kappa shape index (κ1) is 25.2. The number of hydrogen-bond acceptors (Lipinski definition) is 6. The van der Waals surface area contributed by atoms with Crippen molar-refractivity contribution in [1.82, 2.24) is 10.3 Å². The maximum Gasteiger partial charge on any atom is 0.416 e. The Labute approximate surface area is 212 Å². The third-order valence-electron chi connectivity index (χ3n) is 6.57. The number of benzene rings is 2. The van der Waals surface area contributed by atoms with Gasteiger partial charge in [0.2, 0.25) is 5.91 Å². The van der Waals surface area contributed by atoms with Crippen molar-refractivity contribution < 1.29 is 26.4 Å². The van der Waals surface area contributed by atoms with Crippen LogP contribution in [0.1, 0.15) is 41.1 Å². The lowest BCUT2D eigenvalue weighted by atomic mass is 10.0. The van der Waals surface area contributed by atoms with Gasteiger partial charge in [0.25, 0.3) is 0 Å². The first-order valence-electron chi connectivity index (χ1n) is 11.7. The largest absolute Gasteiger partial charge is 0.416 e. The maximum atomic E-state index is 12.9. The van der Waals surface area contributed by atoms with E-state index < -0.39 is 27.6 Å². The number of aromatic nitrogens is 1. The molecule has 2 N–H and O–H groups in total. The van der Waals surface area contributed by atoms with Gasteiger partial charge in [-0.05, 0) is 65.9 Å². The molecule has 1 saturated carbocycles. The third-order valence-corrected chi connectivity index (χ3v) is 7.68. The third kappa shape index (κ3) is 5.62. The molecule has 37 heavy (non-hydrogen) atoms. The first-order chi connectivity index (χ1) is 17.5. The van der Waals surface area contributed by atoms with E-state index in [0.29, 0.717) is 24.9 Å². The van der Waals surface area contributed by atoms with Crippen LogP contribution in [0.25, 0.3) is 0 Å². The van der Waals surface area contributed by atoms with Crippen LogP contribution < -0.4 is 15.5 Å². The minimum atomic E-state index is -4.37. The highest BCUT2D eigenvalue weighted by Crippen LogP contribution is 2.34. The highest BCUT2D eigenvalue weighted by Gasteiger charge is 2.32. The van der Waals surface area contributed by atoms with Crippen LogP contribution in [0.2, 0.25) is 0 Å². The molecule has 0 unspecified atom stereocenters. The van der Waals surface area contributed by atoms with Gasteiger partial charge in [-0.15, -0.1) is 0 Å². The molecule has 2 aromatic carbocycles. The summed E-state index contributed by atoms with van der Waals surface area (Å²) in [5.41, 5.74) is 2.39. The molecule has 1 aliphatic heterocycles. The van der Waals surface area contributed by atoms with Gasteiger partial charge >= 0.3 is 6.18 Å². The van der Waals surface area contributed by atoms with Gasteiger partial charge in [0.1, 0.15) is 11.9 Å². The minimum absolute atomic E-state index is 0.211. The molecule has 0 bridgehead atoms. The lowest BCUT2D eigenvalue weighted by Crippen LogP contribution is -2.28. The van der Waals surface area contributed by atoms with E-state index in [1.165, 1.54) is 18.2 Å². The molecule has 0 radical (unpaired) electrons. The van der Waals surface area contributed by atoms with Crippen LogP contribution in [0.15, 0.2) is 65.7 Å². The van der Waals surface area contributed by atoms with Gasteiger partial charge in [-0.1, -0.05) is 18.2 Å². The smallest absolute Gasteiger partial charge is 0.363 e. The molecule has 3 aromatic rings. The van der Waals surface area contributed by atoms with Gasteiger partial charge in [-0.2, -0.15) is 13.2 Å². The number of carbonyl (C=O) groups is 1. The van der Waals surface area contributed by atoms with Crippen LogP contribution in [-0.4, -0.2) is 31.6 Å². The van der Waals surface area contributed by atoms with Gasteiger partial charge in [0.15, 0.2) is 9.84 Å². The van der Waals surface area contributed by atoms with Crippen molar-refractivity contribution in [2.75, 3.05) is 16.5 Å². The fourth-order valence-corrected chi connectivity index (χ4v) is 5.12. The predicted octanol–water partition coefficient (Wildman–Crippen LogP) is 4.46. The summed E-state index contributed by atoms with van der Waals surface area (Å²) < 4.78 is 62.2. The lowest BCUT2D eigenvalue weighted by molar-refractivity contribution is -0.137. The number of pyridine rings is 1. The van der Waals surface area contributed by atoms with Crippen molar-refractivity contribution in [2.24, 2.45) is 0 Å². The molecule has 5 rings (SSSR count). The normalized spacial score (nSPS) is 17.4. The number of fused-ring (bicyclic) bond motifs is 1. The van der Waals surface area contributed by atoms with E-state index in [-0.39, 0.29) is 10.8 Å². The summed E-state index contributed by atoms with van der Waals surface area (Å²) in [5, 5.41) is 5.90. The minimum Gasteiger partial charge on any atom is -0.363 e. The van der Waals surface area contributed by atoms with Gasteiger partial charge < -0.3 is 10.2 Å². The molecule has 194 valence electrons. The Morgan fingerprint density at radius 1 is 1.11 bits per heavy atom. The van der Waals surface area contributed by atoms with Gasteiger partial charge in [-0.25, -0.2) is 13.4 Å². The molecule has 2 aliphatic rings. The second-order valence-corrected chi connectivity index (χ2v) is 11.4. The number of halogens is 3. The Bertz CT molecular complexity index is 1420. The number of amides is 1. The average Bonchev–Trinajstić information content (AvgIpc) is 3.60. The molecule has 1 amide bonds. The summed E-state index contributed by atoms with van der Waals surface area (Å²) in [6.45, 7) is 0.831. The van der Waals surface area contributed by atoms with Crippen molar-refractivity contribution in [3.8, 4) is 0 Å². The zero-order valence-electron chi connectivity index (χ0n) is 19.9. The zero-order valence-corrected chi connectivity index (χ0v) is 20.7. The number of nitrogens with one attached hydrogen (secondary N) is 2. The Kier molecular flexibility index (Phi) is 6.45. The fourth-order valence-electron chi connectivity index (χ4n) is 4.44. The molecule has 1 aromatic heterocycles. The molecule has 0 spiro atoms. The van der Waals surface area contributed by atoms with E-state index in [9.17, 15) is 26.4 Å². The van der Waals surface area contributed by atoms with Gasteiger partial charge in [0.05, 0.1) is 22.3 Å². The van der Waals surface area contributed by atoms with Crippen molar-refractivity contribution in [1.29, 1.82) is 0 Å². The van der Waals surface area contributed by atoms with Crippen molar-refractivity contribution in [3.63, 3.8) is 0 Å². The van der Waals surface area contributed by atoms with Crippen LogP contribution in [0.5, 0.6) is 0 Å². The van der Waals surface area contributed by atoms with Gasteiger partial charge in [0, 0.05) is 25.4 Å². The molecule has 1 atom stereocenters. The van der Waals surface area contributed by atoms with E-state index in [2.05, 4.69) is 20.5 Å². The van der Waals surface area contributed by atoms with E-state index in [4.69, 9.17) is 0 Å². The molecular formula is C26H25F3N4O3S. The van der Waals surface area contributed by atoms with Gasteiger partial charge in [-0.3, -0.25) is 10.1 Å². The quantitative estimate of drug-likeness (QED) is 0.469. The molecule has 7 nitrogen and oxygen atoms in total. The number of alkyl halides is 3. The Hall–Kier alpha value is -3.44. The second-order valence-electron chi connectivity index (χ2n) is 9.39. The van der Waals surface area contributed by atoms with Crippen LogP contribution in [0, 0.1) is 0 Å². The summed E-state index contributed by atoms with van der Waals surface area (Å²) in [6, 6.07) is 13.1. The number of carbonyl (C=O) groups excluding carboxylic acids is 1. The molecule has 1 fully saturated rings. The first-order valence-corrected chi connectivity index (χ1v) is 13.6. The van der Waals surface area contributed by atoms with Crippen LogP contribution >= 0.6 is 0 Å². The molecule has 0 saturated heterocycles. The van der Waals surface area contributed by atoms with Crippen molar-refractivity contribution in [3.05, 3.63) is 83.0 Å². The highest BCUT2D eigenvalue weighted by atomic mass is 32.2. The molecule has 1 aliphatic carbocycles. The van der Waals surface area contributed by atoms with Crippen molar-refractivity contribution >= 4 is 27.2 Å². The Morgan fingerprint density at radius 2 is 1.84 bits per heavy atom. The van der Waals surface area contributed by atoms with E-state index in [1.54, 1.807) is 24.4 Å².